The normalized spacial score (nSPS) is 12.4. The van der Waals surface area contributed by atoms with Gasteiger partial charge in [-0.3, -0.25) is 0 Å². The highest BCUT2D eigenvalue weighted by atomic mass is 32.1. The minimum Gasteiger partial charge on any atom is -0.390 e. The molecule has 3 rings (SSSR count). The number of thiophene rings is 1. The van der Waals surface area contributed by atoms with E-state index in [9.17, 15) is 13.2 Å². The molecule has 0 fully saturated rings. The molecule has 2 N–H and O–H groups in total. The smallest absolute Gasteiger partial charge is 0.390 e. The first-order chi connectivity index (χ1) is 9.29. The quantitative estimate of drug-likeness (QED) is 0.748. The zero-order chi connectivity index (χ0) is 14.7. The van der Waals surface area contributed by atoms with Crippen LogP contribution in [0.4, 0.5) is 18.2 Å². The van der Waals surface area contributed by atoms with Crippen molar-refractivity contribution in [3.63, 3.8) is 0 Å². The number of nitrogens with two attached hydrogens (primary N) is 1. The van der Waals surface area contributed by atoms with Crippen LogP contribution in [0, 0.1) is 13.8 Å². The summed E-state index contributed by atoms with van der Waals surface area (Å²) in [6.45, 7) is 3.77. The lowest BCUT2D eigenvalue weighted by Crippen LogP contribution is -2.11. The van der Waals surface area contributed by atoms with E-state index < -0.39 is 12.0 Å². The first kappa shape index (κ1) is 13.3. The van der Waals surface area contributed by atoms with Crippen molar-refractivity contribution in [2.24, 2.45) is 0 Å². The average molecular weight is 319 g/mol. The van der Waals surface area contributed by atoms with E-state index >= 15 is 0 Å². The third kappa shape index (κ3) is 1.86. The molecule has 0 saturated heterocycles. The first-order valence-corrected chi connectivity index (χ1v) is 7.07. The highest BCUT2D eigenvalue weighted by Gasteiger charge is 2.38. The highest BCUT2D eigenvalue weighted by molar-refractivity contribution is 7.21. The number of nitrogen functional groups attached to an aromatic ring is 1. The molecule has 0 aromatic carbocycles. The largest absolute Gasteiger partial charge is 0.453 e. The Kier molecular flexibility index (Phi) is 2.77. The Morgan fingerprint density at radius 2 is 1.85 bits per heavy atom. The summed E-state index contributed by atoms with van der Waals surface area (Å²) < 4.78 is 38.9. The molecule has 0 aliphatic rings. The molecule has 0 bridgehead atoms. The van der Waals surface area contributed by atoms with Crippen molar-refractivity contribution in [2.45, 2.75) is 20.0 Å². The Hall–Kier alpha value is -1.68. The van der Waals surface area contributed by atoms with Crippen LogP contribution in [-0.4, -0.2) is 19.8 Å². The van der Waals surface area contributed by atoms with Crippen molar-refractivity contribution in [1.29, 1.82) is 0 Å². The Balaban J connectivity index is 2.22. The lowest BCUT2D eigenvalue weighted by Gasteiger charge is -2.00. The van der Waals surface area contributed by atoms with Crippen LogP contribution < -0.4 is 5.73 Å². The van der Waals surface area contributed by atoms with Gasteiger partial charge in [0.25, 0.3) is 5.82 Å². The van der Waals surface area contributed by atoms with Gasteiger partial charge in [0.05, 0.1) is 5.00 Å². The van der Waals surface area contributed by atoms with Crippen LogP contribution in [0.5, 0.6) is 0 Å². The molecular formula is C10H8F3N5S2. The summed E-state index contributed by atoms with van der Waals surface area (Å²) in [5.74, 6) is -1.13. The SMILES string of the molecule is Cc1sc(N)c(-c2nn3c(C(F)(F)F)nnc3s2)c1C. The molecule has 0 saturated carbocycles. The maximum absolute atomic E-state index is 12.7. The Morgan fingerprint density at radius 1 is 1.15 bits per heavy atom. The highest BCUT2D eigenvalue weighted by Crippen LogP contribution is 2.40. The molecule has 0 spiro atoms. The van der Waals surface area contributed by atoms with Gasteiger partial charge in [-0.05, 0) is 19.4 Å². The fraction of sp³-hybridized carbons (Fsp3) is 0.300. The first-order valence-electron chi connectivity index (χ1n) is 5.44. The van der Waals surface area contributed by atoms with E-state index in [1.54, 1.807) is 0 Å². The lowest BCUT2D eigenvalue weighted by atomic mass is 10.2. The van der Waals surface area contributed by atoms with Crippen molar-refractivity contribution in [1.82, 2.24) is 19.8 Å². The van der Waals surface area contributed by atoms with Gasteiger partial charge in [0.1, 0.15) is 0 Å². The molecular weight excluding hydrogens is 311 g/mol. The van der Waals surface area contributed by atoms with Crippen LogP contribution in [0.2, 0.25) is 0 Å². The molecule has 106 valence electrons. The molecule has 3 aromatic rings. The van der Waals surface area contributed by atoms with E-state index in [0.717, 1.165) is 21.8 Å². The van der Waals surface area contributed by atoms with Crippen molar-refractivity contribution in [3.8, 4) is 10.6 Å². The second kappa shape index (κ2) is 4.16. The topological polar surface area (TPSA) is 69.1 Å². The third-order valence-electron chi connectivity index (χ3n) is 2.87. The Morgan fingerprint density at radius 3 is 2.40 bits per heavy atom. The van der Waals surface area contributed by atoms with Crippen LogP contribution in [0.25, 0.3) is 15.5 Å². The van der Waals surface area contributed by atoms with Crippen molar-refractivity contribution >= 4 is 32.6 Å². The minimum atomic E-state index is -4.59. The fourth-order valence-electron chi connectivity index (χ4n) is 1.81. The fourth-order valence-corrected chi connectivity index (χ4v) is 3.77. The predicted octanol–water partition coefficient (Wildman–Crippen LogP) is 3.13. The molecule has 3 heterocycles. The van der Waals surface area contributed by atoms with Gasteiger partial charge in [-0.15, -0.1) is 21.5 Å². The molecule has 0 aliphatic carbocycles. The maximum Gasteiger partial charge on any atom is 0.453 e. The number of rotatable bonds is 1. The van der Waals surface area contributed by atoms with Gasteiger partial charge in [-0.1, -0.05) is 11.3 Å². The second-order valence-electron chi connectivity index (χ2n) is 4.15. The number of aryl methyl sites for hydroxylation is 1. The van der Waals surface area contributed by atoms with Crippen molar-refractivity contribution in [3.05, 3.63) is 16.3 Å². The Labute approximate surface area is 118 Å². The Bertz CT molecular complexity index is 798. The van der Waals surface area contributed by atoms with Gasteiger partial charge in [0, 0.05) is 10.4 Å². The van der Waals surface area contributed by atoms with Crippen LogP contribution in [0.1, 0.15) is 16.3 Å². The standard InChI is InChI=1S/C10H8F3N5S2/c1-3-4(2)19-6(14)5(3)7-17-18-8(10(11,12)13)15-16-9(18)20-7/h14H2,1-2H3. The van der Waals surface area contributed by atoms with Crippen LogP contribution in [-0.2, 0) is 6.18 Å². The molecule has 5 nitrogen and oxygen atoms in total. The zero-order valence-corrected chi connectivity index (χ0v) is 11.9. The predicted molar refractivity (Wildman–Crippen MR) is 70.9 cm³/mol. The number of aromatic nitrogens is 4. The van der Waals surface area contributed by atoms with E-state index in [-0.39, 0.29) is 4.96 Å². The average Bonchev–Trinajstić information content (AvgIpc) is 2.91. The summed E-state index contributed by atoms with van der Waals surface area (Å²) >= 11 is 2.42. The molecule has 10 heteroatoms. The lowest BCUT2D eigenvalue weighted by molar-refractivity contribution is -0.146. The van der Waals surface area contributed by atoms with Crippen LogP contribution in [0.15, 0.2) is 0 Å². The van der Waals surface area contributed by atoms with Gasteiger partial charge >= 0.3 is 6.18 Å². The molecule has 0 aliphatic heterocycles. The monoisotopic (exact) mass is 319 g/mol. The number of halogens is 3. The second-order valence-corrected chi connectivity index (χ2v) is 6.36. The summed E-state index contributed by atoms with van der Waals surface area (Å²) in [6.07, 6.45) is -4.59. The van der Waals surface area contributed by atoms with Crippen molar-refractivity contribution < 1.29 is 13.2 Å². The summed E-state index contributed by atoms with van der Waals surface area (Å²) in [6, 6.07) is 0. The van der Waals surface area contributed by atoms with Gasteiger partial charge in [0.2, 0.25) is 4.96 Å². The van der Waals surface area contributed by atoms with Crippen molar-refractivity contribution in [2.75, 3.05) is 5.73 Å². The van der Waals surface area contributed by atoms with Crippen LogP contribution in [0.3, 0.4) is 0 Å². The van der Waals surface area contributed by atoms with Gasteiger partial charge < -0.3 is 5.73 Å². The van der Waals surface area contributed by atoms with E-state index in [1.165, 1.54) is 11.3 Å². The van der Waals surface area contributed by atoms with E-state index in [1.807, 2.05) is 13.8 Å². The molecule has 3 aromatic heterocycles. The summed E-state index contributed by atoms with van der Waals surface area (Å²) in [4.78, 5) is 1.11. The third-order valence-corrected chi connectivity index (χ3v) is 4.82. The van der Waals surface area contributed by atoms with Crippen LogP contribution >= 0.6 is 22.7 Å². The number of alkyl halides is 3. The number of anilines is 1. The molecule has 0 atom stereocenters. The van der Waals surface area contributed by atoms with Gasteiger partial charge in [-0.25, -0.2) is 0 Å². The van der Waals surface area contributed by atoms with E-state index in [2.05, 4.69) is 15.3 Å². The zero-order valence-electron chi connectivity index (χ0n) is 10.3. The minimum absolute atomic E-state index is 0.0926. The summed E-state index contributed by atoms with van der Waals surface area (Å²) in [5.41, 5.74) is 7.51. The van der Waals surface area contributed by atoms with Gasteiger partial charge in [0.15, 0.2) is 5.01 Å². The maximum atomic E-state index is 12.7. The van der Waals surface area contributed by atoms with E-state index in [4.69, 9.17) is 5.73 Å². The molecule has 0 radical (unpaired) electrons. The number of hydrogen-bond donors (Lipinski definition) is 1. The molecule has 20 heavy (non-hydrogen) atoms. The number of nitrogens with zero attached hydrogens (tertiary/aromatic N) is 4. The number of hydrogen-bond acceptors (Lipinski definition) is 6. The number of fused-ring (bicyclic) bond motifs is 1. The molecule has 0 amide bonds. The molecule has 0 unspecified atom stereocenters. The summed E-state index contributed by atoms with van der Waals surface area (Å²) in [5, 5.41) is 11.5. The van der Waals surface area contributed by atoms with E-state index in [0.29, 0.717) is 20.1 Å². The van der Waals surface area contributed by atoms with Gasteiger partial charge in [-0.2, -0.15) is 22.8 Å². The summed E-state index contributed by atoms with van der Waals surface area (Å²) in [7, 11) is 0.